The molecular formula is C21H36N6O2. The van der Waals surface area contributed by atoms with Gasteiger partial charge in [-0.15, -0.1) is 0 Å². The van der Waals surface area contributed by atoms with Crippen LogP contribution in [-0.2, 0) is 6.54 Å². The number of fused-ring (bicyclic) bond motifs is 1. The van der Waals surface area contributed by atoms with Crippen molar-refractivity contribution in [2.24, 2.45) is 5.92 Å². The van der Waals surface area contributed by atoms with Crippen LogP contribution in [0.5, 0.6) is 6.01 Å². The number of anilines is 1. The number of likely N-dealkylation sites (tertiary alicyclic amines) is 1. The van der Waals surface area contributed by atoms with Gasteiger partial charge < -0.3 is 20.4 Å². The first-order chi connectivity index (χ1) is 14.1. The molecular weight excluding hydrogens is 368 g/mol. The number of nitrogens with zero attached hydrogens (tertiary/aromatic N) is 4. The first-order valence-electron chi connectivity index (χ1n) is 11.2. The topological polar surface area (TPSA) is 102 Å². The molecule has 29 heavy (non-hydrogen) atoms. The molecule has 0 amide bonds. The smallest absolute Gasteiger partial charge is 0.327 e. The molecule has 1 fully saturated rings. The van der Waals surface area contributed by atoms with E-state index in [1.807, 2.05) is 0 Å². The van der Waals surface area contributed by atoms with Crippen LogP contribution in [0, 0.1) is 5.92 Å². The fraction of sp³-hybridized carbons (Fsp3) is 0.762. The molecule has 1 atom stereocenters. The van der Waals surface area contributed by atoms with Crippen molar-refractivity contribution in [2.75, 3.05) is 32.0 Å². The van der Waals surface area contributed by atoms with Crippen LogP contribution in [0.15, 0.2) is 4.79 Å². The van der Waals surface area contributed by atoms with E-state index in [4.69, 9.17) is 10.5 Å². The number of hydrogen-bond donors (Lipinski definition) is 2. The molecule has 3 N–H and O–H groups in total. The third kappa shape index (κ3) is 5.72. The van der Waals surface area contributed by atoms with Crippen LogP contribution >= 0.6 is 0 Å². The Morgan fingerprint density at radius 2 is 2.07 bits per heavy atom. The van der Waals surface area contributed by atoms with Crippen LogP contribution < -0.4 is 16.2 Å². The van der Waals surface area contributed by atoms with Gasteiger partial charge in [-0.05, 0) is 51.1 Å². The number of unbranched alkanes of at least 4 members (excludes halogenated alkanes) is 3. The number of nitrogens with two attached hydrogens (primary N) is 1. The van der Waals surface area contributed by atoms with Crippen molar-refractivity contribution < 1.29 is 4.74 Å². The predicted molar refractivity (Wildman–Crippen MR) is 116 cm³/mol. The van der Waals surface area contributed by atoms with E-state index in [1.54, 1.807) is 4.57 Å². The zero-order valence-corrected chi connectivity index (χ0v) is 18.0. The van der Waals surface area contributed by atoms with Gasteiger partial charge >= 0.3 is 11.7 Å². The summed E-state index contributed by atoms with van der Waals surface area (Å²) < 4.78 is 7.26. The van der Waals surface area contributed by atoms with Gasteiger partial charge in [0.2, 0.25) is 0 Å². The molecule has 0 aromatic carbocycles. The Balaban J connectivity index is 1.54. The van der Waals surface area contributed by atoms with Gasteiger partial charge in [0.05, 0.1) is 6.61 Å². The van der Waals surface area contributed by atoms with Crippen molar-refractivity contribution in [3.8, 4) is 6.01 Å². The number of hydrogen-bond acceptors (Lipinski definition) is 6. The van der Waals surface area contributed by atoms with E-state index in [2.05, 4.69) is 33.7 Å². The van der Waals surface area contributed by atoms with Crippen molar-refractivity contribution in [1.82, 2.24) is 24.4 Å². The van der Waals surface area contributed by atoms with Gasteiger partial charge in [0, 0.05) is 13.1 Å². The Morgan fingerprint density at radius 3 is 2.86 bits per heavy atom. The van der Waals surface area contributed by atoms with Gasteiger partial charge in [0.25, 0.3) is 0 Å². The van der Waals surface area contributed by atoms with E-state index in [1.165, 1.54) is 38.8 Å². The molecule has 1 aliphatic rings. The lowest BCUT2D eigenvalue weighted by Crippen LogP contribution is -2.35. The average Bonchev–Trinajstić information content (AvgIpc) is 3.04. The molecule has 0 bridgehead atoms. The minimum atomic E-state index is -0.183. The van der Waals surface area contributed by atoms with Crippen LogP contribution in [-0.4, -0.2) is 50.7 Å². The molecule has 8 heteroatoms. The summed E-state index contributed by atoms with van der Waals surface area (Å²) in [5.74, 6) is 1.09. The molecule has 2 aromatic rings. The fourth-order valence-electron chi connectivity index (χ4n) is 4.16. The second-order valence-electron chi connectivity index (χ2n) is 8.12. The van der Waals surface area contributed by atoms with E-state index in [0.29, 0.717) is 24.3 Å². The Morgan fingerprint density at radius 1 is 1.21 bits per heavy atom. The lowest BCUT2D eigenvalue weighted by atomic mass is 9.92. The Hall–Kier alpha value is -2.09. The fourth-order valence-corrected chi connectivity index (χ4v) is 4.16. The van der Waals surface area contributed by atoms with Gasteiger partial charge in [-0.2, -0.15) is 9.97 Å². The second-order valence-corrected chi connectivity index (χ2v) is 8.12. The molecule has 1 aliphatic heterocycles. The monoisotopic (exact) mass is 404 g/mol. The lowest BCUT2D eigenvalue weighted by Gasteiger charge is -2.31. The number of nitrogens with one attached hydrogen (secondary N) is 1. The number of ether oxygens (including phenoxy) is 1. The normalized spacial score (nSPS) is 17.8. The van der Waals surface area contributed by atoms with Gasteiger partial charge in [0.15, 0.2) is 11.5 Å². The van der Waals surface area contributed by atoms with Crippen molar-refractivity contribution in [3.05, 3.63) is 10.5 Å². The van der Waals surface area contributed by atoms with E-state index in [-0.39, 0.29) is 17.5 Å². The number of rotatable bonds is 11. The molecule has 162 valence electrons. The molecule has 3 rings (SSSR count). The summed E-state index contributed by atoms with van der Waals surface area (Å²) in [6.45, 7) is 9.19. The zero-order chi connectivity index (χ0) is 20.6. The van der Waals surface area contributed by atoms with Crippen molar-refractivity contribution >= 4 is 17.0 Å². The maximum absolute atomic E-state index is 12.4. The standard InChI is InChI=1S/C21H36N6O2/c1-3-5-14-29-20-24-18(22)17-19(25-20)27(21(28)23-17)13-8-6-7-10-16-11-9-12-26(4-2)15-16/h16H,3-15H2,1-2H3,(H,23,28)(H2,22,24,25). The van der Waals surface area contributed by atoms with Crippen molar-refractivity contribution in [2.45, 2.75) is 71.8 Å². The molecule has 0 aliphatic carbocycles. The Labute approximate surface area is 172 Å². The highest BCUT2D eigenvalue weighted by Crippen LogP contribution is 2.22. The maximum atomic E-state index is 12.4. The summed E-state index contributed by atoms with van der Waals surface area (Å²) in [6.07, 6.45) is 9.20. The molecule has 1 unspecified atom stereocenters. The Bertz CT molecular complexity index is 830. The van der Waals surface area contributed by atoms with Crippen LogP contribution in [0.25, 0.3) is 11.2 Å². The summed E-state index contributed by atoms with van der Waals surface area (Å²) in [7, 11) is 0. The van der Waals surface area contributed by atoms with E-state index < -0.39 is 0 Å². The maximum Gasteiger partial charge on any atom is 0.327 e. The largest absolute Gasteiger partial charge is 0.463 e. The van der Waals surface area contributed by atoms with Crippen LogP contribution in [0.4, 0.5) is 5.82 Å². The molecule has 3 heterocycles. The Kier molecular flexibility index (Phi) is 7.91. The molecule has 2 aromatic heterocycles. The van der Waals surface area contributed by atoms with Gasteiger partial charge in [-0.3, -0.25) is 4.57 Å². The minimum absolute atomic E-state index is 0.183. The van der Waals surface area contributed by atoms with Crippen molar-refractivity contribution in [3.63, 3.8) is 0 Å². The molecule has 8 nitrogen and oxygen atoms in total. The quantitative estimate of drug-likeness (QED) is 0.558. The number of nitrogen functional groups attached to an aromatic ring is 1. The first-order valence-corrected chi connectivity index (χ1v) is 11.2. The highest BCUT2D eigenvalue weighted by Gasteiger charge is 2.18. The third-order valence-corrected chi connectivity index (χ3v) is 5.90. The predicted octanol–water partition coefficient (Wildman–Crippen LogP) is 3.17. The second kappa shape index (κ2) is 10.6. The van der Waals surface area contributed by atoms with E-state index in [9.17, 15) is 4.79 Å². The summed E-state index contributed by atoms with van der Waals surface area (Å²) >= 11 is 0. The number of aromatic amines is 1. The summed E-state index contributed by atoms with van der Waals surface area (Å²) in [6, 6.07) is 0.244. The first kappa shape index (κ1) is 21.6. The summed E-state index contributed by atoms with van der Waals surface area (Å²) in [5, 5.41) is 0. The highest BCUT2D eigenvalue weighted by molar-refractivity contribution is 5.81. The highest BCUT2D eigenvalue weighted by atomic mass is 16.5. The van der Waals surface area contributed by atoms with E-state index in [0.717, 1.165) is 38.1 Å². The third-order valence-electron chi connectivity index (χ3n) is 5.90. The summed E-state index contributed by atoms with van der Waals surface area (Å²) in [5.41, 5.74) is 6.86. The van der Waals surface area contributed by atoms with Crippen molar-refractivity contribution in [1.29, 1.82) is 0 Å². The molecule has 1 saturated heterocycles. The number of imidazole rings is 1. The van der Waals surface area contributed by atoms with Gasteiger partial charge in [-0.25, -0.2) is 4.79 Å². The van der Waals surface area contributed by atoms with Crippen LogP contribution in [0.3, 0.4) is 0 Å². The number of aromatic nitrogens is 4. The SMILES string of the molecule is CCCCOc1nc(N)c2[nH]c(=O)n(CCCCCC3CCCN(CC)C3)c2n1. The van der Waals surface area contributed by atoms with Gasteiger partial charge in [0.1, 0.15) is 5.52 Å². The van der Waals surface area contributed by atoms with E-state index >= 15 is 0 Å². The van der Waals surface area contributed by atoms with Gasteiger partial charge in [-0.1, -0.05) is 33.1 Å². The van der Waals surface area contributed by atoms with Crippen LogP contribution in [0.1, 0.15) is 65.2 Å². The number of piperidine rings is 1. The molecule has 0 radical (unpaired) electrons. The summed E-state index contributed by atoms with van der Waals surface area (Å²) in [4.78, 5) is 26.3. The number of aryl methyl sites for hydroxylation is 1. The number of H-pyrrole nitrogens is 1. The average molecular weight is 405 g/mol. The lowest BCUT2D eigenvalue weighted by molar-refractivity contribution is 0.174. The van der Waals surface area contributed by atoms with Crippen LogP contribution in [0.2, 0.25) is 0 Å². The molecule has 0 saturated carbocycles. The molecule has 0 spiro atoms. The zero-order valence-electron chi connectivity index (χ0n) is 18.0. The minimum Gasteiger partial charge on any atom is -0.463 e.